The lowest BCUT2D eigenvalue weighted by Crippen LogP contribution is -2.11. The zero-order valence-corrected chi connectivity index (χ0v) is 8.22. The number of aliphatic hydroxyl groups excluding tert-OH is 1. The molecule has 6 N–H and O–H groups in total. The molecule has 0 heterocycles. The van der Waals surface area contributed by atoms with E-state index in [2.05, 4.69) is 0 Å². The lowest BCUT2D eigenvalue weighted by molar-refractivity contribution is 0.279. The van der Waals surface area contributed by atoms with E-state index in [1.54, 1.807) is 0 Å². The molecule has 0 aliphatic carbocycles. The standard InChI is InChI=1S/C10H15NO4/c11-7(2-1-5-12)6-3-4-8(13)10(15)9(6)14/h3-4,7,12-15H,1-2,5,11H2/t7-/m1/s1. The van der Waals surface area contributed by atoms with E-state index in [0.29, 0.717) is 18.4 Å². The van der Waals surface area contributed by atoms with E-state index in [1.165, 1.54) is 12.1 Å². The molecular weight excluding hydrogens is 198 g/mol. The van der Waals surface area contributed by atoms with E-state index in [4.69, 9.17) is 15.9 Å². The normalized spacial score (nSPS) is 12.7. The van der Waals surface area contributed by atoms with Crippen LogP contribution < -0.4 is 5.73 Å². The second-order valence-corrected chi connectivity index (χ2v) is 3.34. The van der Waals surface area contributed by atoms with Gasteiger partial charge in [0, 0.05) is 18.2 Å². The number of benzene rings is 1. The number of phenols is 3. The van der Waals surface area contributed by atoms with Crippen LogP contribution in [-0.4, -0.2) is 27.0 Å². The molecule has 0 spiro atoms. The molecule has 0 aliphatic rings. The molecule has 0 radical (unpaired) electrons. The number of nitrogens with two attached hydrogens (primary N) is 1. The van der Waals surface area contributed by atoms with Gasteiger partial charge in [0.2, 0.25) is 5.75 Å². The minimum Gasteiger partial charge on any atom is -0.504 e. The van der Waals surface area contributed by atoms with Crippen molar-refractivity contribution in [1.29, 1.82) is 0 Å². The Morgan fingerprint density at radius 2 is 1.80 bits per heavy atom. The zero-order valence-electron chi connectivity index (χ0n) is 8.22. The van der Waals surface area contributed by atoms with Crippen molar-refractivity contribution in [3.05, 3.63) is 17.7 Å². The first-order valence-corrected chi connectivity index (χ1v) is 4.68. The number of phenolic OH excluding ortho intramolecular Hbond substituents is 3. The van der Waals surface area contributed by atoms with Gasteiger partial charge in [-0.05, 0) is 25.0 Å². The van der Waals surface area contributed by atoms with Gasteiger partial charge < -0.3 is 26.2 Å². The molecule has 1 aromatic rings. The topological polar surface area (TPSA) is 107 Å². The van der Waals surface area contributed by atoms with Crippen molar-refractivity contribution >= 4 is 0 Å². The molecule has 5 heteroatoms. The van der Waals surface area contributed by atoms with Crippen molar-refractivity contribution in [3.63, 3.8) is 0 Å². The van der Waals surface area contributed by atoms with Gasteiger partial charge >= 0.3 is 0 Å². The Balaban J connectivity index is 2.90. The third-order valence-electron chi connectivity index (χ3n) is 2.23. The SMILES string of the molecule is N[C@H](CCCO)c1ccc(O)c(O)c1O. The maximum atomic E-state index is 9.50. The highest BCUT2D eigenvalue weighted by atomic mass is 16.3. The number of rotatable bonds is 4. The van der Waals surface area contributed by atoms with Gasteiger partial charge in [-0.2, -0.15) is 0 Å². The van der Waals surface area contributed by atoms with E-state index >= 15 is 0 Å². The summed E-state index contributed by atoms with van der Waals surface area (Å²) >= 11 is 0. The van der Waals surface area contributed by atoms with E-state index in [-0.39, 0.29) is 12.4 Å². The van der Waals surface area contributed by atoms with Gasteiger partial charge in [-0.3, -0.25) is 0 Å². The first-order chi connectivity index (χ1) is 7.07. The fraction of sp³-hybridized carbons (Fsp3) is 0.400. The van der Waals surface area contributed by atoms with Crippen LogP contribution in [0, 0.1) is 0 Å². The summed E-state index contributed by atoms with van der Waals surface area (Å²) in [6.45, 7) is 0.0263. The van der Waals surface area contributed by atoms with Gasteiger partial charge in [0.05, 0.1) is 0 Å². The predicted octanol–water partition coefficient (Wildman–Crippen LogP) is 0.576. The Morgan fingerprint density at radius 1 is 1.13 bits per heavy atom. The number of hydrogen-bond acceptors (Lipinski definition) is 5. The maximum absolute atomic E-state index is 9.50. The molecule has 5 nitrogen and oxygen atoms in total. The molecule has 15 heavy (non-hydrogen) atoms. The van der Waals surface area contributed by atoms with Crippen LogP contribution in [0.5, 0.6) is 17.2 Å². The molecule has 0 amide bonds. The Morgan fingerprint density at radius 3 is 2.40 bits per heavy atom. The van der Waals surface area contributed by atoms with E-state index < -0.39 is 17.5 Å². The molecule has 1 atom stereocenters. The van der Waals surface area contributed by atoms with Gasteiger partial charge in [0.1, 0.15) is 0 Å². The molecule has 0 saturated carbocycles. The van der Waals surface area contributed by atoms with Crippen LogP contribution in [0.4, 0.5) is 0 Å². The van der Waals surface area contributed by atoms with Crippen LogP contribution in [0.15, 0.2) is 12.1 Å². The van der Waals surface area contributed by atoms with E-state index in [1.807, 2.05) is 0 Å². The van der Waals surface area contributed by atoms with Crippen molar-refractivity contribution in [2.45, 2.75) is 18.9 Å². The molecule has 0 fully saturated rings. The fourth-order valence-electron chi connectivity index (χ4n) is 1.35. The number of aliphatic hydroxyl groups is 1. The van der Waals surface area contributed by atoms with Crippen LogP contribution >= 0.6 is 0 Å². The third-order valence-corrected chi connectivity index (χ3v) is 2.23. The summed E-state index contributed by atoms with van der Waals surface area (Å²) in [7, 11) is 0. The molecule has 0 aliphatic heterocycles. The van der Waals surface area contributed by atoms with Crippen molar-refractivity contribution in [2.24, 2.45) is 5.73 Å². The Hall–Kier alpha value is -1.46. The molecule has 0 bridgehead atoms. The third kappa shape index (κ3) is 2.51. The highest BCUT2D eigenvalue weighted by molar-refractivity contribution is 5.53. The summed E-state index contributed by atoms with van der Waals surface area (Å²) in [6, 6.07) is 2.25. The van der Waals surface area contributed by atoms with E-state index in [9.17, 15) is 10.2 Å². The van der Waals surface area contributed by atoms with Gasteiger partial charge in [-0.25, -0.2) is 0 Å². The molecule has 0 saturated heterocycles. The second-order valence-electron chi connectivity index (χ2n) is 3.34. The highest BCUT2D eigenvalue weighted by Crippen LogP contribution is 2.39. The minimum atomic E-state index is -0.563. The van der Waals surface area contributed by atoms with E-state index in [0.717, 1.165) is 0 Å². The highest BCUT2D eigenvalue weighted by Gasteiger charge is 2.16. The molecule has 0 aromatic heterocycles. The zero-order chi connectivity index (χ0) is 11.4. The minimum absolute atomic E-state index is 0.0263. The Labute approximate surface area is 87.4 Å². The molecule has 1 rings (SSSR count). The van der Waals surface area contributed by atoms with Gasteiger partial charge in [0.25, 0.3) is 0 Å². The van der Waals surface area contributed by atoms with Crippen LogP contribution in [0.25, 0.3) is 0 Å². The molecular formula is C10H15NO4. The molecule has 84 valence electrons. The average molecular weight is 213 g/mol. The van der Waals surface area contributed by atoms with Gasteiger partial charge in [-0.15, -0.1) is 0 Å². The first-order valence-electron chi connectivity index (χ1n) is 4.68. The smallest absolute Gasteiger partial charge is 0.200 e. The molecule has 0 unspecified atom stereocenters. The van der Waals surface area contributed by atoms with Crippen LogP contribution in [0.1, 0.15) is 24.4 Å². The maximum Gasteiger partial charge on any atom is 0.200 e. The van der Waals surface area contributed by atoms with Crippen molar-refractivity contribution in [2.75, 3.05) is 6.61 Å². The average Bonchev–Trinajstić information content (AvgIpc) is 2.23. The summed E-state index contributed by atoms with van der Waals surface area (Å²) < 4.78 is 0. The van der Waals surface area contributed by atoms with Gasteiger partial charge in [0.15, 0.2) is 11.5 Å². The lowest BCUT2D eigenvalue weighted by atomic mass is 10.0. The second kappa shape index (κ2) is 4.86. The Kier molecular flexibility index (Phi) is 3.76. The van der Waals surface area contributed by atoms with Crippen LogP contribution in [0.3, 0.4) is 0 Å². The largest absolute Gasteiger partial charge is 0.504 e. The van der Waals surface area contributed by atoms with Crippen molar-refractivity contribution in [1.82, 2.24) is 0 Å². The predicted molar refractivity (Wildman–Crippen MR) is 54.7 cm³/mol. The van der Waals surface area contributed by atoms with Crippen LogP contribution in [-0.2, 0) is 0 Å². The van der Waals surface area contributed by atoms with Gasteiger partial charge in [-0.1, -0.05) is 0 Å². The summed E-state index contributed by atoms with van der Waals surface area (Å²) in [5.74, 6) is -1.35. The summed E-state index contributed by atoms with van der Waals surface area (Å²) in [6.07, 6.45) is 1.01. The Bertz CT molecular complexity index is 340. The molecule has 1 aromatic carbocycles. The number of hydrogen-bond donors (Lipinski definition) is 5. The quantitative estimate of drug-likeness (QED) is 0.470. The summed E-state index contributed by atoms with van der Waals surface area (Å²) in [5.41, 5.74) is 6.10. The lowest BCUT2D eigenvalue weighted by Gasteiger charge is -2.14. The first kappa shape index (κ1) is 11.6. The fourth-order valence-corrected chi connectivity index (χ4v) is 1.35. The van der Waals surface area contributed by atoms with Crippen molar-refractivity contribution in [3.8, 4) is 17.2 Å². The summed E-state index contributed by atoms with van der Waals surface area (Å²) in [4.78, 5) is 0. The van der Waals surface area contributed by atoms with Crippen LogP contribution in [0.2, 0.25) is 0 Å². The van der Waals surface area contributed by atoms with Crippen molar-refractivity contribution < 1.29 is 20.4 Å². The summed E-state index contributed by atoms with van der Waals surface area (Å²) in [5, 5.41) is 36.5. The number of aromatic hydroxyl groups is 3. The monoisotopic (exact) mass is 213 g/mol.